The number of benzene rings is 3. The summed E-state index contributed by atoms with van der Waals surface area (Å²) in [7, 11) is 0. The summed E-state index contributed by atoms with van der Waals surface area (Å²) in [6.45, 7) is 0. The number of carboxylic acids is 1. The Bertz CT molecular complexity index is 759. The van der Waals surface area contributed by atoms with Gasteiger partial charge in [0.2, 0.25) is 0 Å². The average Bonchev–Trinajstić information content (AvgIpc) is 2.63. The predicted molar refractivity (Wildman–Crippen MR) is 99.4 cm³/mol. The molecule has 0 spiro atoms. The van der Waals surface area contributed by atoms with E-state index in [1.807, 2.05) is 12.1 Å². The van der Waals surface area contributed by atoms with E-state index in [-0.39, 0.29) is 0 Å². The Balaban J connectivity index is 0.000000174. The molecule has 3 rings (SSSR count). The second-order valence-electron chi connectivity index (χ2n) is 5.03. The van der Waals surface area contributed by atoms with Crippen molar-refractivity contribution in [3.05, 3.63) is 96.6 Å². The van der Waals surface area contributed by atoms with Gasteiger partial charge in [0.15, 0.2) is 0 Å². The van der Waals surface area contributed by atoms with Crippen LogP contribution < -0.4 is 5.73 Å². The molecule has 3 heteroatoms. The summed E-state index contributed by atoms with van der Waals surface area (Å²) >= 11 is 0. The molecule has 0 aliphatic heterocycles. The molecule has 0 heterocycles. The molecular weight excluding hydrogens is 298 g/mol. The lowest BCUT2D eigenvalue weighted by atomic mass is 10.1. The van der Waals surface area contributed by atoms with Crippen LogP contribution in [0.2, 0.25) is 0 Å². The molecule has 0 amide bonds. The Morgan fingerprint density at radius 2 is 1.21 bits per heavy atom. The van der Waals surface area contributed by atoms with Gasteiger partial charge < -0.3 is 10.8 Å². The number of carboxylic acid groups (broad SMARTS) is 1. The highest BCUT2D eigenvalue weighted by Gasteiger charge is 1.93. The van der Waals surface area contributed by atoms with E-state index in [0.717, 1.165) is 11.6 Å². The summed E-state index contributed by atoms with van der Waals surface area (Å²) in [5, 5.41) is 8.34. The molecule has 0 aromatic heterocycles. The highest BCUT2D eigenvalue weighted by Crippen LogP contribution is 2.17. The van der Waals surface area contributed by atoms with Gasteiger partial charge in [0, 0.05) is 11.8 Å². The Labute approximate surface area is 141 Å². The van der Waals surface area contributed by atoms with Gasteiger partial charge in [-0.25, -0.2) is 4.79 Å². The van der Waals surface area contributed by atoms with Gasteiger partial charge in [-0.15, -0.1) is 0 Å². The van der Waals surface area contributed by atoms with Crippen molar-refractivity contribution in [3.8, 4) is 11.1 Å². The summed E-state index contributed by atoms with van der Waals surface area (Å²) in [4.78, 5) is 10.2. The number of nitrogen functional groups attached to an aromatic ring is 1. The van der Waals surface area contributed by atoms with E-state index in [2.05, 4.69) is 48.5 Å². The molecule has 0 atom stereocenters. The zero-order valence-electron chi connectivity index (χ0n) is 13.2. The third kappa shape index (κ3) is 5.46. The maximum Gasteiger partial charge on any atom is 0.328 e. The molecule has 0 saturated heterocycles. The highest BCUT2D eigenvalue weighted by molar-refractivity contribution is 5.86. The third-order valence-electron chi connectivity index (χ3n) is 3.28. The van der Waals surface area contributed by atoms with Crippen LogP contribution in [0.3, 0.4) is 0 Å². The highest BCUT2D eigenvalue weighted by atomic mass is 16.4. The molecule has 0 radical (unpaired) electrons. The largest absolute Gasteiger partial charge is 0.478 e. The fraction of sp³-hybridized carbons (Fsp3) is 0. The third-order valence-corrected chi connectivity index (χ3v) is 3.28. The second-order valence-corrected chi connectivity index (χ2v) is 5.03. The summed E-state index contributed by atoms with van der Waals surface area (Å²) < 4.78 is 0. The Kier molecular flexibility index (Phi) is 6.35. The van der Waals surface area contributed by atoms with Crippen molar-refractivity contribution in [2.24, 2.45) is 0 Å². The first-order valence-corrected chi connectivity index (χ1v) is 7.53. The van der Waals surface area contributed by atoms with Gasteiger partial charge >= 0.3 is 5.97 Å². The molecule has 3 aromatic carbocycles. The number of rotatable bonds is 3. The Hall–Kier alpha value is -3.33. The fourth-order valence-electron chi connectivity index (χ4n) is 2.08. The van der Waals surface area contributed by atoms with Crippen LogP contribution >= 0.6 is 0 Å². The van der Waals surface area contributed by atoms with Crippen LogP contribution in [0.4, 0.5) is 5.69 Å². The van der Waals surface area contributed by atoms with Crippen LogP contribution in [0.5, 0.6) is 0 Å². The summed E-state index contributed by atoms with van der Waals surface area (Å²) in [6.07, 6.45) is 2.53. The predicted octanol–water partition coefficient (Wildman–Crippen LogP) is 4.72. The van der Waals surface area contributed by atoms with Crippen molar-refractivity contribution in [3.63, 3.8) is 0 Å². The molecule has 120 valence electrons. The Morgan fingerprint density at radius 3 is 1.67 bits per heavy atom. The maximum atomic E-state index is 10.2. The normalized spacial score (nSPS) is 10.0. The summed E-state index contributed by atoms with van der Waals surface area (Å²) in [6, 6.07) is 27.9. The first-order valence-electron chi connectivity index (χ1n) is 7.53. The van der Waals surface area contributed by atoms with Gasteiger partial charge in [-0.05, 0) is 28.8 Å². The average molecular weight is 317 g/mol. The Morgan fingerprint density at radius 1 is 0.750 bits per heavy atom. The van der Waals surface area contributed by atoms with Crippen molar-refractivity contribution >= 4 is 17.7 Å². The lowest BCUT2D eigenvalue weighted by Crippen LogP contribution is -1.90. The SMILES string of the molecule is Nc1ccccc1/C=C/C(=O)O.c1ccc(-c2ccccc2)cc1. The van der Waals surface area contributed by atoms with Gasteiger partial charge in [-0.2, -0.15) is 0 Å². The van der Waals surface area contributed by atoms with Crippen LogP contribution in [0, 0.1) is 0 Å². The van der Waals surface area contributed by atoms with Gasteiger partial charge in [0.05, 0.1) is 0 Å². The van der Waals surface area contributed by atoms with Crippen molar-refractivity contribution in [2.45, 2.75) is 0 Å². The monoisotopic (exact) mass is 317 g/mol. The molecule has 0 saturated carbocycles. The molecule has 3 aromatic rings. The van der Waals surface area contributed by atoms with Crippen molar-refractivity contribution in [2.75, 3.05) is 5.73 Å². The molecule has 24 heavy (non-hydrogen) atoms. The van der Waals surface area contributed by atoms with E-state index < -0.39 is 5.97 Å². The fourth-order valence-corrected chi connectivity index (χ4v) is 2.08. The lowest BCUT2D eigenvalue weighted by Gasteiger charge is -1.98. The second kappa shape index (κ2) is 8.96. The number of anilines is 1. The van der Waals surface area contributed by atoms with Crippen LogP contribution in [-0.4, -0.2) is 11.1 Å². The van der Waals surface area contributed by atoms with Crippen molar-refractivity contribution < 1.29 is 9.90 Å². The first kappa shape index (κ1) is 17.0. The number of nitrogens with two attached hydrogens (primary N) is 1. The lowest BCUT2D eigenvalue weighted by molar-refractivity contribution is -0.131. The molecule has 0 unspecified atom stereocenters. The van der Waals surface area contributed by atoms with Crippen molar-refractivity contribution in [1.29, 1.82) is 0 Å². The van der Waals surface area contributed by atoms with E-state index in [9.17, 15) is 4.79 Å². The molecular formula is C21H19NO2. The van der Waals surface area contributed by atoms with Crippen molar-refractivity contribution in [1.82, 2.24) is 0 Å². The van der Waals surface area contributed by atoms with E-state index in [4.69, 9.17) is 10.8 Å². The van der Waals surface area contributed by atoms with E-state index >= 15 is 0 Å². The first-order chi connectivity index (χ1) is 11.7. The van der Waals surface area contributed by atoms with Crippen LogP contribution in [0.15, 0.2) is 91.0 Å². The van der Waals surface area contributed by atoms with Gasteiger partial charge in [0.1, 0.15) is 0 Å². The molecule has 0 aliphatic carbocycles. The molecule has 0 bridgehead atoms. The van der Waals surface area contributed by atoms with Crippen LogP contribution in [0.25, 0.3) is 17.2 Å². The zero-order valence-corrected chi connectivity index (χ0v) is 13.2. The number of carbonyl (C=O) groups is 1. The summed E-state index contributed by atoms with van der Waals surface area (Å²) in [5.74, 6) is -0.974. The molecule has 3 nitrogen and oxygen atoms in total. The number of hydrogen-bond acceptors (Lipinski definition) is 2. The van der Waals surface area contributed by atoms with Gasteiger partial charge in [0.25, 0.3) is 0 Å². The number of aliphatic carboxylic acids is 1. The van der Waals surface area contributed by atoms with Crippen LogP contribution in [0.1, 0.15) is 5.56 Å². The minimum atomic E-state index is -0.974. The van der Waals surface area contributed by atoms with Gasteiger partial charge in [-0.1, -0.05) is 78.9 Å². The molecule has 0 fully saturated rings. The smallest absolute Gasteiger partial charge is 0.328 e. The van der Waals surface area contributed by atoms with Gasteiger partial charge in [-0.3, -0.25) is 0 Å². The zero-order chi connectivity index (χ0) is 17.2. The summed E-state index contributed by atoms with van der Waals surface area (Å²) in [5.41, 5.74) is 9.42. The van der Waals surface area contributed by atoms with Crippen LogP contribution in [-0.2, 0) is 4.79 Å². The topological polar surface area (TPSA) is 63.3 Å². The maximum absolute atomic E-state index is 10.2. The molecule has 3 N–H and O–H groups in total. The minimum Gasteiger partial charge on any atom is -0.478 e. The minimum absolute atomic E-state index is 0.579. The van der Waals surface area contributed by atoms with E-state index in [0.29, 0.717) is 5.69 Å². The van der Waals surface area contributed by atoms with E-state index in [1.165, 1.54) is 17.2 Å². The quantitative estimate of drug-likeness (QED) is 0.542. The number of para-hydroxylation sites is 1. The standard InChI is InChI=1S/C12H10.C9H9NO2/c1-3-7-11(8-4-1)12-9-5-2-6-10-12;10-8-4-2-1-3-7(8)5-6-9(11)12/h1-10H;1-6H,10H2,(H,11,12)/b;6-5+. The van der Waals surface area contributed by atoms with E-state index in [1.54, 1.807) is 24.3 Å². The number of hydrogen-bond donors (Lipinski definition) is 2. The molecule has 0 aliphatic rings.